The first-order chi connectivity index (χ1) is 9.44. The number of anilines is 2. The average Bonchev–Trinajstić information content (AvgIpc) is 2.33. The van der Waals surface area contributed by atoms with Crippen LogP contribution in [0.25, 0.3) is 0 Å². The maximum Gasteiger partial charge on any atom is 0.233 e. The van der Waals surface area contributed by atoms with Crippen LogP contribution in [0.5, 0.6) is 0 Å². The van der Waals surface area contributed by atoms with E-state index in [1.807, 2.05) is 13.8 Å². The van der Waals surface area contributed by atoms with E-state index in [-0.39, 0.29) is 35.8 Å². The van der Waals surface area contributed by atoms with E-state index in [0.717, 1.165) is 0 Å². The Bertz CT molecular complexity index is 470. The molecule has 1 fully saturated rings. The third-order valence-corrected chi connectivity index (χ3v) is 3.58. The van der Waals surface area contributed by atoms with Gasteiger partial charge in [0.05, 0.1) is 18.0 Å². The summed E-state index contributed by atoms with van der Waals surface area (Å²) in [6.07, 6.45) is 0.104. The fourth-order valence-corrected chi connectivity index (χ4v) is 2.80. The van der Waals surface area contributed by atoms with Gasteiger partial charge >= 0.3 is 0 Å². The second-order valence-corrected chi connectivity index (χ2v) is 5.62. The molecule has 1 aromatic heterocycles. The Morgan fingerprint density at radius 2 is 1.80 bits per heavy atom. The van der Waals surface area contributed by atoms with E-state index in [2.05, 4.69) is 15.0 Å². The van der Waals surface area contributed by atoms with Crippen LogP contribution in [0.3, 0.4) is 0 Å². The minimum Gasteiger partial charge on any atom is -0.372 e. The smallest absolute Gasteiger partial charge is 0.233 e. The van der Waals surface area contributed by atoms with Crippen LogP contribution in [0.4, 0.5) is 11.9 Å². The molecule has 0 bridgehead atoms. The van der Waals surface area contributed by atoms with E-state index in [0.29, 0.717) is 18.2 Å². The highest BCUT2D eigenvalue weighted by Crippen LogP contribution is 2.17. The topological polar surface area (TPSA) is 120 Å². The number of morpholine rings is 1. The summed E-state index contributed by atoms with van der Waals surface area (Å²) in [6.45, 7) is 5.11. The van der Waals surface area contributed by atoms with E-state index < -0.39 is 0 Å². The summed E-state index contributed by atoms with van der Waals surface area (Å²) in [6, 6.07) is 0. The molecule has 8 nitrogen and oxygen atoms in total. The van der Waals surface area contributed by atoms with Crippen LogP contribution in [0, 0.1) is 0 Å². The van der Waals surface area contributed by atoms with E-state index >= 15 is 0 Å². The van der Waals surface area contributed by atoms with E-state index in [1.165, 1.54) is 11.8 Å². The van der Waals surface area contributed by atoms with Gasteiger partial charge in [0.15, 0.2) is 5.16 Å². The van der Waals surface area contributed by atoms with Crippen molar-refractivity contribution in [1.82, 2.24) is 19.9 Å². The van der Waals surface area contributed by atoms with Crippen LogP contribution in [0.15, 0.2) is 5.16 Å². The lowest BCUT2D eigenvalue weighted by Gasteiger charge is -2.35. The van der Waals surface area contributed by atoms with Gasteiger partial charge in [-0.3, -0.25) is 4.79 Å². The minimum absolute atomic E-state index is 0.0227. The summed E-state index contributed by atoms with van der Waals surface area (Å²) in [5, 5.41) is 0.359. The molecular formula is C11H18N6O2S. The van der Waals surface area contributed by atoms with Crippen LogP contribution >= 0.6 is 11.8 Å². The van der Waals surface area contributed by atoms with Gasteiger partial charge in [-0.1, -0.05) is 11.8 Å². The van der Waals surface area contributed by atoms with Gasteiger partial charge in [0.2, 0.25) is 17.8 Å². The monoisotopic (exact) mass is 298 g/mol. The molecule has 0 radical (unpaired) electrons. The van der Waals surface area contributed by atoms with Gasteiger partial charge in [0.25, 0.3) is 0 Å². The summed E-state index contributed by atoms with van der Waals surface area (Å²) in [4.78, 5) is 25.5. The molecule has 2 heterocycles. The molecule has 0 unspecified atom stereocenters. The number of ether oxygens (including phenoxy) is 1. The lowest BCUT2D eigenvalue weighted by molar-refractivity contribution is -0.140. The first-order valence-corrected chi connectivity index (χ1v) is 7.25. The third-order valence-electron chi connectivity index (χ3n) is 2.75. The molecule has 9 heteroatoms. The lowest BCUT2D eigenvalue weighted by Crippen LogP contribution is -2.48. The molecule has 1 saturated heterocycles. The lowest BCUT2D eigenvalue weighted by atomic mass is 10.2. The zero-order valence-electron chi connectivity index (χ0n) is 11.4. The van der Waals surface area contributed by atoms with Crippen molar-refractivity contribution in [3.8, 4) is 0 Å². The van der Waals surface area contributed by atoms with Crippen LogP contribution in [-0.4, -0.2) is 56.8 Å². The second kappa shape index (κ2) is 6.23. The number of carbonyl (C=O) groups excluding carboxylic acids is 1. The predicted octanol–water partition coefficient (Wildman–Crippen LogP) is -0.236. The fraction of sp³-hybridized carbons (Fsp3) is 0.636. The normalized spacial score (nSPS) is 22.8. The molecule has 0 aliphatic carbocycles. The highest BCUT2D eigenvalue weighted by atomic mass is 32.2. The number of thioether (sulfide) groups is 1. The van der Waals surface area contributed by atoms with Crippen molar-refractivity contribution in [1.29, 1.82) is 0 Å². The second-order valence-electron chi connectivity index (χ2n) is 4.68. The number of nitrogens with two attached hydrogens (primary N) is 2. The number of aromatic nitrogens is 3. The van der Waals surface area contributed by atoms with Crippen molar-refractivity contribution >= 4 is 29.6 Å². The minimum atomic E-state index is 0.0227. The molecule has 0 aromatic carbocycles. The molecule has 2 atom stereocenters. The van der Waals surface area contributed by atoms with E-state index in [9.17, 15) is 4.79 Å². The molecule has 0 saturated carbocycles. The van der Waals surface area contributed by atoms with Gasteiger partial charge in [-0.15, -0.1) is 0 Å². The Hall–Kier alpha value is -1.61. The van der Waals surface area contributed by atoms with Crippen molar-refractivity contribution in [3.63, 3.8) is 0 Å². The average molecular weight is 298 g/mol. The summed E-state index contributed by atoms with van der Waals surface area (Å²) in [7, 11) is 0. The predicted molar refractivity (Wildman–Crippen MR) is 76.0 cm³/mol. The number of rotatable bonds is 3. The van der Waals surface area contributed by atoms with Crippen molar-refractivity contribution in [2.45, 2.75) is 31.2 Å². The van der Waals surface area contributed by atoms with Crippen LogP contribution in [0.1, 0.15) is 13.8 Å². The molecule has 4 N–H and O–H groups in total. The van der Waals surface area contributed by atoms with Crippen molar-refractivity contribution < 1.29 is 9.53 Å². The summed E-state index contributed by atoms with van der Waals surface area (Å²) >= 11 is 1.20. The highest BCUT2D eigenvalue weighted by molar-refractivity contribution is 7.99. The number of carbonyl (C=O) groups is 1. The number of hydrogen-bond acceptors (Lipinski definition) is 8. The van der Waals surface area contributed by atoms with Crippen molar-refractivity contribution in [2.24, 2.45) is 0 Å². The molecule has 1 amide bonds. The third kappa shape index (κ3) is 3.94. The van der Waals surface area contributed by atoms with E-state index in [1.54, 1.807) is 4.90 Å². The molecule has 20 heavy (non-hydrogen) atoms. The highest BCUT2D eigenvalue weighted by Gasteiger charge is 2.25. The first-order valence-electron chi connectivity index (χ1n) is 6.27. The number of hydrogen-bond donors (Lipinski definition) is 2. The summed E-state index contributed by atoms with van der Waals surface area (Å²) in [5.74, 6) is 0.374. The standard InChI is InChI=1S/C11H18N6O2S/c1-6-3-17(4-7(2)19-6)8(18)5-20-11-15-9(12)14-10(13)16-11/h6-7H,3-5H2,1-2H3,(H4,12,13,14,15,16)/t6-,7-/m1/s1. The summed E-state index contributed by atoms with van der Waals surface area (Å²) < 4.78 is 5.59. The molecule has 1 aliphatic rings. The molecule has 2 rings (SSSR count). The van der Waals surface area contributed by atoms with Gasteiger partial charge in [-0.25, -0.2) is 0 Å². The van der Waals surface area contributed by atoms with Gasteiger partial charge in [0, 0.05) is 13.1 Å². The number of nitrogen functional groups attached to an aromatic ring is 2. The number of amides is 1. The van der Waals surface area contributed by atoms with Gasteiger partial charge in [-0.05, 0) is 13.8 Å². The zero-order valence-corrected chi connectivity index (χ0v) is 12.3. The Morgan fingerprint density at radius 1 is 1.25 bits per heavy atom. The fourth-order valence-electron chi connectivity index (χ4n) is 2.05. The largest absolute Gasteiger partial charge is 0.372 e. The Labute approximate surface area is 121 Å². The molecule has 110 valence electrons. The first kappa shape index (κ1) is 14.8. The van der Waals surface area contributed by atoms with Crippen LogP contribution in [0.2, 0.25) is 0 Å². The zero-order chi connectivity index (χ0) is 14.7. The Balaban J connectivity index is 1.91. The Morgan fingerprint density at radius 3 is 2.35 bits per heavy atom. The van der Waals surface area contributed by atoms with Gasteiger partial charge < -0.3 is 21.1 Å². The molecular weight excluding hydrogens is 280 g/mol. The molecule has 1 aromatic rings. The SMILES string of the molecule is C[C@@H]1CN(C(=O)CSc2nc(N)nc(N)n2)C[C@@H](C)O1. The number of nitrogens with zero attached hydrogens (tertiary/aromatic N) is 4. The van der Waals surface area contributed by atoms with Gasteiger partial charge in [0.1, 0.15) is 0 Å². The maximum atomic E-state index is 12.1. The van der Waals surface area contributed by atoms with Crippen molar-refractivity contribution in [2.75, 3.05) is 30.3 Å². The molecule has 0 spiro atoms. The maximum absolute atomic E-state index is 12.1. The quantitative estimate of drug-likeness (QED) is 0.734. The van der Waals surface area contributed by atoms with Crippen molar-refractivity contribution in [3.05, 3.63) is 0 Å². The van der Waals surface area contributed by atoms with Gasteiger partial charge in [-0.2, -0.15) is 15.0 Å². The summed E-state index contributed by atoms with van der Waals surface area (Å²) in [5.41, 5.74) is 11.0. The Kier molecular flexibility index (Phi) is 4.61. The van der Waals surface area contributed by atoms with E-state index in [4.69, 9.17) is 16.2 Å². The molecule has 1 aliphatic heterocycles. The van der Waals surface area contributed by atoms with Crippen LogP contribution < -0.4 is 11.5 Å². The van der Waals surface area contributed by atoms with Crippen LogP contribution in [-0.2, 0) is 9.53 Å².